The number of thiol groups is 1. The van der Waals surface area contributed by atoms with Crippen LogP contribution in [0.3, 0.4) is 0 Å². The first-order chi connectivity index (χ1) is 4.70. The molecule has 0 aliphatic carbocycles. The summed E-state index contributed by atoms with van der Waals surface area (Å²) in [5.74, 6) is 0. The zero-order valence-corrected chi connectivity index (χ0v) is 6.81. The highest BCUT2D eigenvalue weighted by Crippen LogP contribution is 1.91. The third-order valence-corrected chi connectivity index (χ3v) is 1.15. The van der Waals surface area contributed by atoms with E-state index in [1.807, 2.05) is 6.92 Å². The van der Waals surface area contributed by atoms with Gasteiger partial charge in [-0.25, -0.2) is 4.79 Å². The quantitative estimate of drug-likeness (QED) is 0.209. The van der Waals surface area contributed by atoms with Gasteiger partial charge in [-0.3, -0.25) is 4.84 Å². The fourth-order valence-electron chi connectivity index (χ4n) is 0.204. The lowest BCUT2D eigenvalue weighted by Gasteiger charge is -1.94. The van der Waals surface area contributed by atoms with Gasteiger partial charge in [0.05, 0.1) is 0 Å². The number of carbonyl (C=O) groups excluding carboxylic acids is 1. The molecular weight excluding hydrogens is 152 g/mol. The Bertz CT molecular complexity index is 147. The monoisotopic (exact) mass is 162 g/mol. The molecule has 10 heavy (non-hydrogen) atoms. The highest BCUT2D eigenvalue weighted by molar-refractivity contribution is 7.97. The van der Waals surface area contributed by atoms with Crippen molar-refractivity contribution in [3.63, 3.8) is 0 Å². The number of hydrogen-bond donors (Lipinski definition) is 2. The highest BCUT2D eigenvalue weighted by Gasteiger charge is 1.94. The van der Waals surface area contributed by atoms with Crippen molar-refractivity contribution in [2.45, 2.75) is 13.3 Å². The fraction of sp³-hybridized carbons (Fsp3) is 0.600. The van der Waals surface area contributed by atoms with Crippen molar-refractivity contribution in [1.82, 2.24) is 5.32 Å². The number of oxime groups is 1. The van der Waals surface area contributed by atoms with Gasteiger partial charge in [-0.1, -0.05) is 12.1 Å². The van der Waals surface area contributed by atoms with Crippen molar-refractivity contribution >= 4 is 23.8 Å². The zero-order valence-electron chi connectivity index (χ0n) is 5.92. The van der Waals surface area contributed by atoms with Gasteiger partial charge in [0, 0.05) is 7.05 Å². The summed E-state index contributed by atoms with van der Waals surface area (Å²) < 4.78 is 0. The van der Waals surface area contributed by atoms with E-state index >= 15 is 0 Å². The van der Waals surface area contributed by atoms with E-state index in [4.69, 9.17) is 0 Å². The average Bonchev–Trinajstić information content (AvgIpc) is 1.99. The van der Waals surface area contributed by atoms with Gasteiger partial charge in [-0.05, 0) is 6.42 Å². The van der Waals surface area contributed by atoms with Gasteiger partial charge in [0.15, 0.2) is 0 Å². The largest absolute Gasteiger partial charge is 0.433 e. The summed E-state index contributed by atoms with van der Waals surface area (Å²) in [7, 11) is 1.46. The summed E-state index contributed by atoms with van der Waals surface area (Å²) in [4.78, 5) is 14.7. The van der Waals surface area contributed by atoms with Crippen LogP contribution in [-0.2, 0) is 4.84 Å². The van der Waals surface area contributed by atoms with Crippen molar-refractivity contribution < 1.29 is 9.63 Å². The molecule has 0 aromatic heterocycles. The van der Waals surface area contributed by atoms with Gasteiger partial charge < -0.3 is 5.32 Å². The Morgan fingerprint density at radius 3 is 2.80 bits per heavy atom. The average molecular weight is 162 g/mol. The number of nitrogens with one attached hydrogen (secondary N) is 1. The molecule has 1 N–H and O–H groups in total. The molecule has 0 rings (SSSR count). The van der Waals surface area contributed by atoms with Crippen molar-refractivity contribution in [3.8, 4) is 0 Å². The summed E-state index contributed by atoms with van der Waals surface area (Å²) in [5.41, 5.74) is 0. The van der Waals surface area contributed by atoms with E-state index in [0.29, 0.717) is 11.5 Å². The predicted molar refractivity (Wildman–Crippen MR) is 42.3 cm³/mol. The Labute approximate surface area is 65.0 Å². The molecule has 0 spiro atoms. The Hall–Kier alpha value is -0.710. The van der Waals surface area contributed by atoms with Gasteiger partial charge in [0.25, 0.3) is 0 Å². The van der Waals surface area contributed by atoms with Crippen LogP contribution in [-0.4, -0.2) is 18.2 Å². The minimum Gasteiger partial charge on any atom is -0.323 e. The Morgan fingerprint density at radius 1 is 1.80 bits per heavy atom. The molecule has 0 saturated carbocycles. The molecule has 0 atom stereocenters. The molecule has 0 bridgehead atoms. The van der Waals surface area contributed by atoms with Crippen LogP contribution in [0.15, 0.2) is 5.16 Å². The van der Waals surface area contributed by atoms with Gasteiger partial charge in [0.1, 0.15) is 5.04 Å². The Morgan fingerprint density at radius 2 is 2.40 bits per heavy atom. The van der Waals surface area contributed by atoms with E-state index in [0.717, 1.165) is 0 Å². The van der Waals surface area contributed by atoms with E-state index < -0.39 is 6.09 Å². The standard InChI is InChI=1S/C5H10N2O2S/c1-3-4(10)7-9-5(8)6-2/h3H2,1-2H3,(H,6,8)(H,7,10). The Balaban J connectivity index is 3.61. The first-order valence-corrected chi connectivity index (χ1v) is 3.30. The third kappa shape index (κ3) is 4.20. The predicted octanol–water partition coefficient (Wildman–Crippen LogP) is 0.996. The summed E-state index contributed by atoms with van der Waals surface area (Å²) in [6.07, 6.45) is 0.0695. The molecule has 58 valence electrons. The molecule has 1 amide bonds. The van der Waals surface area contributed by atoms with Crippen LogP contribution in [0, 0.1) is 0 Å². The van der Waals surface area contributed by atoms with Gasteiger partial charge in [-0.15, -0.1) is 12.6 Å². The molecule has 0 unspecified atom stereocenters. The first-order valence-electron chi connectivity index (χ1n) is 2.85. The summed E-state index contributed by atoms with van der Waals surface area (Å²) in [5, 5.41) is 6.11. The second-order valence-electron chi connectivity index (χ2n) is 1.49. The normalized spacial score (nSPS) is 10.9. The first kappa shape index (κ1) is 9.29. The van der Waals surface area contributed by atoms with Gasteiger partial charge in [-0.2, -0.15) is 0 Å². The molecule has 0 aliphatic heterocycles. The van der Waals surface area contributed by atoms with Crippen molar-refractivity contribution in [3.05, 3.63) is 0 Å². The van der Waals surface area contributed by atoms with E-state index in [-0.39, 0.29) is 0 Å². The van der Waals surface area contributed by atoms with E-state index in [9.17, 15) is 4.79 Å². The summed E-state index contributed by atoms with van der Waals surface area (Å²) in [6, 6.07) is 0. The number of hydrogen-bond acceptors (Lipinski definition) is 3. The van der Waals surface area contributed by atoms with Gasteiger partial charge >= 0.3 is 6.09 Å². The highest BCUT2D eigenvalue weighted by atomic mass is 32.1. The molecule has 5 heteroatoms. The summed E-state index contributed by atoms with van der Waals surface area (Å²) in [6.45, 7) is 1.86. The second kappa shape index (κ2) is 5.10. The SMILES string of the molecule is CC/C(S)=N\OC(=O)NC. The lowest BCUT2D eigenvalue weighted by Crippen LogP contribution is -2.16. The zero-order chi connectivity index (χ0) is 7.98. The number of amides is 1. The van der Waals surface area contributed by atoms with Crippen LogP contribution in [0.25, 0.3) is 0 Å². The van der Waals surface area contributed by atoms with Crippen molar-refractivity contribution in [2.75, 3.05) is 7.05 Å². The second-order valence-corrected chi connectivity index (χ2v) is 2.01. The topological polar surface area (TPSA) is 50.7 Å². The maximum Gasteiger partial charge on any atom is 0.433 e. The van der Waals surface area contributed by atoms with Crippen LogP contribution in [0.1, 0.15) is 13.3 Å². The minimum atomic E-state index is -0.583. The van der Waals surface area contributed by atoms with E-state index in [2.05, 4.69) is 27.9 Å². The van der Waals surface area contributed by atoms with Crippen molar-refractivity contribution in [1.29, 1.82) is 0 Å². The van der Waals surface area contributed by atoms with Crippen molar-refractivity contribution in [2.24, 2.45) is 5.16 Å². The number of nitrogens with zero attached hydrogens (tertiary/aromatic N) is 1. The fourth-order valence-corrected chi connectivity index (χ4v) is 0.245. The molecule has 0 fully saturated rings. The molecule has 0 heterocycles. The Kier molecular flexibility index (Phi) is 4.74. The lowest BCUT2D eigenvalue weighted by molar-refractivity contribution is 0.153. The molecular formula is C5H10N2O2S. The van der Waals surface area contributed by atoms with Crippen LogP contribution in [0.5, 0.6) is 0 Å². The molecule has 0 aliphatic rings. The molecule has 0 aromatic rings. The maximum atomic E-state index is 10.4. The minimum absolute atomic E-state index is 0.489. The van der Waals surface area contributed by atoms with Crippen LogP contribution < -0.4 is 5.32 Å². The molecule has 0 radical (unpaired) electrons. The maximum absolute atomic E-state index is 10.4. The summed E-state index contributed by atoms with van der Waals surface area (Å²) >= 11 is 3.89. The number of carbonyl (C=O) groups is 1. The van der Waals surface area contributed by atoms with Gasteiger partial charge in [0.2, 0.25) is 0 Å². The van der Waals surface area contributed by atoms with Crippen LogP contribution in [0.2, 0.25) is 0 Å². The number of rotatable bonds is 2. The molecule has 0 saturated heterocycles. The van der Waals surface area contributed by atoms with Crippen LogP contribution in [0.4, 0.5) is 4.79 Å². The third-order valence-electron chi connectivity index (χ3n) is 0.754. The lowest BCUT2D eigenvalue weighted by atomic mass is 10.5. The van der Waals surface area contributed by atoms with E-state index in [1.165, 1.54) is 7.05 Å². The van der Waals surface area contributed by atoms with Crippen LogP contribution >= 0.6 is 12.6 Å². The van der Waals surface area contributed by atoms with E-state index in [1.54, 1.807) is 0 Å². The molecule has 0 aromatic carbocycles. The molecule has 4 nitrogen and oxygen atoms in total. The smallest absolute Gasteiger partial charge is 0.323 e.